The van der Waals surface area contributed by atoms with E-state index in [1.807, 2.05) is 12.1 Å². The quantitative estimate of drug-likeness (QED) is 0.119. The van der Waals surface area contributed by atoms with Crippen molar-refractivity contribution in [1.82, 2.24) is 0 Å². The fourth-order valence-corrected chi connectivity index (χ4v) is 5.48. The topological polar surface area (TPSA) is 89.5 Å². The molecule has 262 valence electrons. The molecule has 0 aliphatic rings. The highest BCUT2D eigenvalue weighted by atomic mass is 16.7. The maximum atomic E-state index is 12.4. The van der Waals surface area contributed by atoms with Crippen molar-refractivity contribution in [3.8, 4) is 17.2 Å². The number of methoxy groups -OCH3 is 3. The average molecular weight is 663 g/mol. The monoisotopic (exact) mass is 662 g/mol. The molecule has 3 aromatic rings. The van der Waals surface area contributed by atoms with Gasteiger partial charge < -0.3 is 28.4 Å². The van der Waals surface area contributed by atoms with Gasteiger partial charge in [-0.3, -0.25) is 9.59 Å². The molecular formula is C40H54O8. The highest BCUT2D eigenvalue weighted by Gasteiger charge is 2.26. The van der Waals surface area contributed by atoms with E-state index in [-0.39, 0.29) is 36.6 Å². The summed E-state index contributed by atoms with van der Waals surface area (Å²) in [5.41, 5.74) is 6.88. The second-order valence-corrected chi connectivity index (χ2v) is 15.2. The Morgan fingerprint density at radius 3 is 1.00 bits per heavy atom. The number of benzene rings is 3. The summed E-state index contributed by atoms with van der Waals surface area (Å²) in [4.78, 5) is 24.8. The highest BCUT2D eigenvalue weighted by Crippen LogP contribution is 2.40. The lowest BCUT2D eigenvalue weighted by Crippen LogP contribution is -2.17. The van der Waals surface area contributed by atoms with Crippen molar-refractivity contribution in [3.05, 3.63) is 86.5 Å². The molecule has 48 heavy (non-hydrogen) atoms. The Morgan fingerprint density at radius 2 is 0.729 bits per heavy atom. The number of hydrogen-bond acceptors (Lipinski definition) is 8. The molecule has 8 heteroatoms. The third kappa shape index (κ3) is 9.68. The third-order valence-corrected chi connectivity index (χ3v) is 8.21. The van der Waals surface area contributed by atoms with Crippen molar-refractivity contribution in [1.29, 1.82) is 0 Å². The maximum absolute atomic E-state index is 12.4. The molecule has 0 radical (unpaired) electrons. The lowest BCUT2D eigenvalue weighted by molar-refractivity contribution is 0.0489. The van der Waals surface area contributed by atoms with Crippen molar-refractivity contribution in [3.63, 3.8) is 0 Å². The summed E-state index contributed by atoms with van der Waals surface area (Å²) < 4.78 is 34.4. The van der Waals surface area contributed by atoms with Crippen LogP contribution in [0.2, 0.25) is 0 Å². The van der Waals surface area contributed by atoms with Gasteiger partial charge in [0.1, 0.15) is 17.2 Å². The minimum atomic E-state index is -0.215. The third-order valence-electron chi connectivity index (χ3n) is 8.21. The molecule has 0 atom stereocenters. The van der Waals surface area contributed by atoms with Crippen LogP contribution in [0, 0.1) is 0 Å². The van der Waals surface area contributed by atoms with E-state index in [4.69, 9.17) is 28.4 Å². The molecule has 0 saturated heterocycles. The molecule has 3 aromatic carbocycles. The van der Waals surface area contributed by atoms with Crippen LogP contribution < -0.4 is 14.2 Å². The van der Waals surface area contributed by atoms with Crippen molar-refractivity contribution >= 4 is 12.6 Å². The maximum Gasteiger partial charge on any atom is 0.188 e. The molecule has 0 amide bonds. The Hall–Kier alpha value is -3.72. The zero-order chi connectivity index (χ0) is 35.9. The molecule has 0 aliphatic carbocycles. The number of rotatable bonds is 15. The van der Waals surface area contributed by atoms with Gasteiger partial charge in [0.05, 0.1) is 11.1 Å². The standard InChI is InChI=1S/C40H54O8/c1-38(2,3)32-15-26(13-28-17-33(39(4,5)6)19-30(21-41)36(28)47-24-44-11)35(46-23-43-10)27(16-32)14-29-18-34(40(7,8)9)20-31(22-42)37(29)48-25-45-12/h15-22H,13-14,23-25H2,1-12H3. The van der Waals surface area contributed by atoms with Gasteiger partial charge in [-0.15, -0.1) is 0 Å². The van der Waals surface area contributed by atoms with Crippen LogP contribution in [-0.4, -0.2) is 54.3 Å². The van der Waals surface area contributed by atoms with Crippen LogP contribution in [0.25, 0.3) is 0 Å². The van der Waals surface area contributed by atoms with Gasteiger partial charge >= 0.3 is 0 Å². The fraction of sp³-hybridized carbons (Fsp3) is 0.500. The predicted molar refractivity (Wildman–Crippen MR) is 189 cm³/mol. The first-order valence-corrected chi connectivity index (χ1v) is 16.2. The molecule has 0 aromatic heterocycles. The first-order chi connectivity index (χ1) is 22.5. The molecule has 0 fully saturated rings. The molecule has 8 nitrogen and oxygen atoms in total. The smallest absolute Gasteiger partial charge is 0.188 e. The zero-order valence-corrected chi connectivity index (χ0v) is 30.9. The molecule has 0 bridgehead atoms. The zero-order valence-electron chi connectivity index (χ0n) is 30.9. The number of carbonyl (C=O) groups excluding carboxylic acids is 2. The molecule has 0 heterocycles. The first kappa shape index (κ1) is 38.7. The van der Waals surface area contributed by atoms with E-state index in [0.29, 0.717) is 41.2 Å². The van der Waals surface area contributed by atoms with E-state index >= 15 is 0 Å². The Morgan fingerprint density at radius 1 is 0.458 bits per heavy atom. The van der Waals surface area contributed by atoms with Gasteiger partial charge in [-0.1, -0.05) is 86.6 Å². The van der Waals surface area contributed by atoms with Gasteiger partial charge in [0.25, 0.3) is 0 Å². The van der Waals surface area contributed by atoms with Gasteiger partial charge in [-0.25, -0.2) is 0 Å². The first-order valence-electron chi connectivity index (χ1n) is 16.2. The van der Waals surface area contributed by atoms with Crippen LogP contribution in [-0.2, 0) is 43.3 Å². The second kappa shape index (κ2) is 16.1. The molecular weight excluding hydrogens is 608 g/mol. The van der Waals surface area contributed by atoms with E-state index < -0.39 is 0 Å². The summed E-state index contributed by atoms with van der Waals surface area (Å²) in [5.74, 6) is 1.61. The Bertz CT molecular complexity index is 1460. The van der Waals surface area contributed by atoms with Crippen LogP contribution in [0.3, 0.4) is 0 Å². The minimum Gasteiger partial charge on any atom is -0.467 e. The van der Waals surface area contributed by atoms with Gasteiger partial charge in [0, 0.05) is 34.2 Å². The highest BCUT2D eigenvalue weighted by molar-refractivity contribution is 5.82. The summed E-state index contributed by atoms with van der Waals surface area (Å²) in [6.45, 7) is 19.2. The summed E-state index contributed by atoms with van der Waals surface area (Å²) in [5, 5.41) is 0. The normalized spacial score (nSPS) is 12.2. The van der Waals surface area contributed by atoms with Gasteiger partial charge in [-0.05, 0) is 67.3 Å². The largest absolute Gasteiger partial charge is 0.467 e. The average Bonchev–Trinajstić information content (AvgIpc) is 3.00. The van der Waals surface area contributed by atoms with Crippen LogP contribution in [0.4, 0.5) is 0 Å². The van der Waals surface area contributed by atoms with E-state index in [2.05, 4.69) is 86.6 Å². The molecule has 0 aliphatic heterocycles. The van der Waals surface area contributed by atoms with Crippen molar-refractivity contribution in [2.24, 2.45) is 0 Å². The van der Waals surface area contributed by atoms with Crippen LogP contribution in [0.1, 0.15) is 122 Å². The van der Waals surface area contributed by atoms with Gasteiger partial charge in [-0.2, -0.15) is 0 Å². The van der Waals surface area contributed by atoms with Crippen molar-refractivity contribution in [2.75, 3.05) is 41.7 Å². The number of aldehydes is 2. The second-order valence-electron chi connectivity index (χ2n) is 15.2. The summed E-state index contributed by atoms with van der Waals surface area (Å²) in [7, 11) is 4.69. The van der Waals surface area contributed by atoms with Crippen molar-refractivity contribution < 1.29 is 38.0 Å². The lowest BCUT2D eigenvalue weighted by atomic mass is 9.81. The summed E-state index contributed by atoms with van der Waals surface area (Å²) >= 11 is 0. The van der Waals surface area contributed by atoms with E-state index in [1.165, 1.54) is 0 Å². The van der Waals surface area contributed by atoms with Crippen molar-refractivity contribution in [2.45, 2.75) is 91.4 Å². The van der Waals surface area contributed by atoms with Gasteiger partial charge in [0.15, 0.2) is 33.0 Å². The molecule has 0 N–H and O–H groups in total. The summed E-state index contributed by atoms with van der Waals surface area (Å²) in [6.07, 6.45) is 2.48. The lowest BCUT2D eigenvalue weighted by Gasteiger charge is -2.27. The summed E-state index contributed by atoms with van der Waals surface area (Å²) in [6, 6.07) is 12.3. The molecule has 0 saturated carbocycles. The fourth-order valence-electron chi connectivity index (χ4n) is 5.48. The van der Waals surface area contributed by atoms with Crippen LogP contribution >= 0.6 is 0 Å². The SMILES string of the molecule is COCOc1c(C=O)cc(C(C)(C)C)cc1Cc1cc(C(C)(C)C)cc(Cc2cc(C(C)(C)C)cc(C=O)c2OCOC)c1OCOC. The Kier molecular flexibility index (Phi) is 13.0. The predicted octanol–water partition coefficient (Wildman–Crippen LogP) is 8.33. The van der Waals surface area contributed by atoms with Crippen LogP contribution in [0.15, 0.2) is 36.4 Å². The van der Waals surface area contributed by atoms with Gasteiger partial charge in [0.2, 0.25) is 0 Å². The number of carbonyl (C=O) groups is 2. The molecule has 3 rings (SSSR count). The number of ether oxygens (including phenoxy) is 6. The number of hydrogen-bond donors (Lipinski definition) is 0. The van der Waals surface area contributed by atoms with E-state index in [0.717, 1.165) is 51.5 Å². The Balaban J connectivity index is 2.38. The van der Waals surface area contributed by atoms with Crippen LogP contribution in [0.5, 0.6) is 17.2 Å². The minimum absolute atomic E-state index is 0.00352. The molecule has 0 unspecified atom stereocenters. The Labute approximate surface area is 287 Å². The van der Waals surface area contributed by atoms with E-state index in [9.17, 15) is 9.59 Å². The molecule has 0 spiro atoms. The van der Waals surface area contributed by atoms with E-state index in [1.54, 1.807) is 21.3 Å².